The summed E-state index contributed by atoms with van der Waals surface area (Å²) in [5.41, 5.74) is 0. The quantitative estimate of drug-likeness (QED) is 0.558. The lowest BCUT2D eigenvalue weighted by Gasteiger charge is -2.28. The van der Waals surface area contributed by atoms with Crippen LogP contribution in [-0.4, -0.2) is 24.3 Å². The highest BCUT2D eigenvalue weighted by molar-refractivity contribution is 5.81. The molecule has 16 heavy (non-hydrogen) atoms. The lowest BCUT2D eigenvalue weighted by molar-refractivity contribution is -0.138. The smallest absolute Gasteiger partial charge is 0.330 e. The lowest BCUT2D eigenvalue weighted by Crippen LogP contribution is -2.18. The van der Waals surface area contributed by atoms with Gasteiger partial charge in [0.2, 0.25) is 0 Å². The largest absolute Gasteiger partial charge is 0.463 e. The van der Waals surface area contributed by atoms with Gasteiger partial charge >= 0.3 is 5.97 Å². The van der Waals surface area contributed by atoms with Gasteiger partial charge in [0, 0.05) is 12.7 Å². The predicted molar refractivity (Wildman–Crippen MR) is 62.9 cm³/mol. The van der Waals surface area contributed by atoms with Crippen molar-refractivity contribution in [2.24, 2.45) is 11.8 Å². The summed E-state index contributed by atoms with van der Waals surface area (Å²) in [6.07, 6.45) is 7.95. The SMILES string of the molecule is C=CC(=O)OCCC1CCCC(CCO)C1. The van der Waals surface area contributed by atoms with Crippen LogP contribution in [-0.2, 0) is 9.53 Å². The highest BCUT2D eigenvalue weighted by Crippen LogP contribution is 2.32. The molecular weight excluding hydrogens is 204 g/mol. The molecule has 2 atom stereocenters. The summed E-state index contributed by atoms with van der Waals surface area (Å²) in [6, 6.07) is 0. The van der Waals surface area contributed by atoms with Crippen molar-refractivity contribution in [3.63, 3.8) is 0 Å². The molecule has 0 heterocycles. The number of aliphatic hydroxyl groups is 1. The third-order valence-electron chi connectivity index (χ3n) is 3.37. The van der Waals surface area contributed by atoms with Gasteiger partial charge in [0.1, 0.15) is 0 Å². The molecule has 0 amide bonds. The molecule has 92 valence electrons. The molecule has 3 nitrogen and oxygen atoms in total. The van der Waals surface area contributed by atoms with Crippen molar-refractivity contribution in [3.05, 3.63) is 12.7 Å². The maximum Gasteiger partial charge on any atom is 0.330 e. The number of rotatable bonds is 6. The van der Waals surface area contributed by atoms with Crippen LogP contribution in [0, 0.1) is 11.8 Å². The van der Waals surface area contributed by atoms with Gasteiger partial charge in [-0.05, 0) is 31.1 Å². The highest BCUT2D eigenvalue weighted by Gasteiger charge is 2.21. The van der Waals surface area contributed by atoms with Crippen LogP contribution in [0.2, 0.25) is 0 Å². The summed E-state index contributed by atoms with van der Waals surface area (Å²) in [4.78, 5) is 10.8. The summed E-state index contributed by atoms with van der Waals surface area (Å²) in [5, 5.41) is 8.91. The van der Waals surface area contributed by atoms with Gasteiger partial charge in [0.25, 0.3) is 0 Å². The van der Waals surface area contributed by atoms with Crippen molar-refractivity contribution in [2.45, 2.75) is 38.5 Å². The molecule has 2 unspecified atom stereocenters. The van der Waals surface area contributed by atoms with Gasteiger partial charge in [-0.25, -0.2) is 4.79 Å². The molecule has 0 spiro atoms. The van der Waals surface area contributed by atoms with E-state index in [4.69, 9.17) is 9.84 Å². The molecule has 0 radical (unpaired) electrons. The summed E-state index contributed by atoms with van der Waals surface area (Å²) < 4.78 is 4.98. The molecule has 0 bridgehead atoms. The third kappa shape index (κ3) is 4.79. The Morgan fingerprint density at radius 3 is 2.69 bits per heavy atom. The van der Waals surface area contributed by atoms with E-state index in [0.29, 0.717) is 25.0 Å². The minimum atomic E-state index is -0.331. The van der Waals surface area contributed by atoms with Crippen molar-refractivity contribution in [2.75, 3.05) is 13.2 Å². The van der Waals surface area contributed by atoms with Gasteiger partial charge in [0.15, 0.2) is 0 Å². The van der Waals surface area contributed by atoms with Gasteiger partial charge in [0.05, 0.1) is 6.61 Å². The van der Waals surface area contributed by atoms with Crippen molar-refractivity contribution < 1.29 is 14.6 Å². The zero-order valence-electron chi connectivity index (χ0n) is 9.86. The van der Waals surface area contributed by atoms with E-state index in [0.717, 1.165) is 12.8 Å². The van der Waals surface area contributed by atoms with Crippen LogP contribution >= 0.6 is 0 Å². The van der Waals surface area contributed by atoms with Crippen molar-refractivity contribution in [1.29, 1.82) is 0 Å². The Morgan fingerprint density at radius 2 is 2.06 bits per heavy atom. The van der Waals surface area contributed by atoms with E-state index in [1.807, 2.05) is 0 Å². The maximum absolute atomic E-state index is 10.8. The second-order valence-corrected chi connectivity index (χ2v) is 4.57. The van der Waals surface area contributed by atoms with Gasteiger partial charge < -0.3 is 9.84 Å². The predicted octanol–water partition coefficient (Wildman–Crippen LogP) is 2.29. The molecule has 1 aliphatic rings. The minimum Gasteiger partial charge on any atom is -0.463 e. The van der Waals surface area contributed by atoms with Crippen molar-refractivity contribution >= 4 is 5.97 Å². The van der Waals surface area contributed by atoms with Crippen LogP contribution in [0.3, 0.4) is 0 Å². The second-order valence-electron chi connectivity index (χ2n) is 4.57. The van der Waals surface area contributed by atoms with E-state index in [-0.39, 0.29) is 5.97 Å². The number of hydrogen-bond acceptors (Lipinski definition) is 3. The molecule has 0 aromatic carbocycles. The molecule has 0 aromatic rings. The zero-order valence-corrected chi connectivity index (χ0v) is 9.86. The molecule has 1 N–H and O–H groups in total. The number of hydrogen-bond donors (Lipinski definition) is 1. The summed E-state index contributed by atoms with van der Waals surface area (Å²) in [5.74, 6) is 0.990. The Kier molecular flexibility index (Phi) is 6.16. The summed E-state index contributed by atoms with van der Waals surface area (Å²) >= 11 is 0. The monoisotopic (exact) mass is 226 g/mol. The molecule has 1 aliphatic carbocycles. The Hall–Kier alpha value is -0.830. The number of ether oxygens (including phenoxy) is 1. The van der Waals surface area contributed by atoms with Crippen LogP contribution in [0.25, 0.3) is 0 Å². The molecular formula is C13H22O3. The average molecular weight is 226 g/mol. The van der Waals surface area contributed by atoms with Crippen LogP contribution < -0.4 is 0 Å². The molecule has 0 aliphatic heterocycles. The third-order valence-corrected chi connectivity index (χ3v) is 3.37. The molecule has 0 saturated heterocycles. The van der Waals surface area contributed by atoms with Gasteiger partial charge in [-0.1, -0.05) is 25.8 Å². The minimum absolute atomic E-state index is 0.294. The van der Waals surface area contributed by atoms with Gasteiger partial charge in [-0.3, -0.25) is 0 Å². The second kappa shape index (κ2) is 7.44. The zero-order chi connectivity index (χ0) is 11.8. The average Bonchev–Trinajstić information content (AvgIpc) is 2.30. The van der Waals surface area contributed by atoms with Crippen LogP contribution in [0.1, 0.15) is 38.5 Å². The van der Waals surface area contributed by atoms with E-state index < -0.39 is 0 Å². The maximum atomic E-state index is 10.8. The van der Waals surface area contributed by atoms with Crippen LogP contribution in [0.4, 0.5) is 0 Å². The number of carbonyl (C=O) groups is 1. The first kappa shape index (κ1) is 13.2. The van der Waals surface area contributed by atoms with Crippen molar-refractivity contribution in [3.8, 4) is 0 Å². The van der Waals surface area contributed by atoms with E-state index in [2.05, 4.69) is 6.58 Å². The Balaban J connectivity index is 2.16. The Morgan fingerprint density at radius 1 is 1.38 bits per heavy atom. The first-order chi connectivity index (χ1) is 7.76. The summed E-state index contributed by atoms with van der Waals surface area (Å²) in [7, 11) is 0. The fourth-order valence-corrected chi connectivity index (χ4v) is 2.49. The first-order valence-corrected chi connectivity index (χ1v) is 6.16. The Bertz CT molecular complexity index is 223. The van der Waals surface area contributed by atoms with Gasteiger partial charge in [-0.2, -0.15) is 0 Å². The fourth-order valence-electron chi connectivity index (χ4n) is 2.49. The van der Waals surface area contributed by atoms with Gasteiger partial charge in [-0.15, -0.1) is 0 Å². The van der Waals surface area contributed by atoms with E-state index in [1.165, 1.54) is 31.8 Å². The summed E-state index contributed by atoms with van der Waals surface area (Å²) in [6.45, 7) is 4.16. The van der Waals surface area contributed by atoms with E-state index in [1.54, 1.807) is 0 Å². The molecule has 1 rings (SSSR count). The molecule has 3 heteroatoms. The van der Waals surface area contributed by atoms with E-state index in [9.17, 15) is 4.79 Å². The molecule has 1 fully saturated rings. The number of carbonyl (C=O) groups excluding carboxylic acids is 1. The first-order valence-electron chi connectivity index (χ1n) is 6.16. The lowest BCUT2D eigenvalue weighted by atomic mass is 9.79. The topological polar surface area (TPSA) is 46.5 Å². The number of aliphatic hydroxyl groups excluding tert-OH is 1. The standard InChI is InChI=1S/C13H22O3/c1-2-13(15)16-9-7-12-5-3-4-11(10-12)6-8-14/h2,11-12,14H,1,3-10H2. The van der Waals surface area contributed by atoms with E-state index >= 15 is 0 Å². The fraction of sp³-hybridized carbons (Fsp3) is 0.769. The number of esters is 1. The van der Waals surface area contributed by atoms with Crippen LogP contribution in [0.5, 0.6) is 0 Å². The highest BCUT2D eigenvalue weighted by atomic mass is 16.5. The van der Waals surface area contributed by atoms with Crippen molar-refractivity contribution in [1.82, 2.24) is 0 Å². The Labute approximate surface area is 97.5 Å². The molecule has 1 saturated carbocycles. The van der Waals surface area contributed by atoms with Crippen LogP contribution in [0.15, 0.2) is 12.7 Å². The normalized spacial score (nSPS) is 25.1. The molecule has 0 aromatic heterocycles.